The molecule has 0 aliphatic carbocycles. The minimum absolute atomic E-state index is 0.375. The topological polar surface area (TPSA) is 0 Å². The molecule has 0 saturated heterocycles. The molecule has 0 amide bonds. The van der Waals surface area contributed by atoms with Crippen LogP contribution >= 0.6 is 0 Å². The summed E-state index contributed by atoms with van der Waals surface area (Å²) in [7, 11) is -0.375. The summed E-state index contributed by atoms with van der Waals surface area (Å²) in [4.78, 5) is 0. The van der Waals surface area contributed by atoms with Crippen LogP contribution in [0.5, 0.6) is 0 Å². The second-order valence-electron chi connectivity index (χ2n) is 0.268. The van der Waals surface area contributed by atoms with Gasteiger partial charge in [0.1, 0.15) is 0 Å². The molecule has 0 radical (unpaired) electrons. The predicted molar refractivity (Wildman–Crippen MR) is 27.2 cm³/mol. The molecule has 0 heterocycles. The van der Waals surface area contributed by atoms with Gasteiger partial charge in [0.15, 0.2) is 0 Å². The minimum atomic E-state index is -0.375. The van der Waals surface area contributed by atoms with Crippen LogP contribution in [0.25, 0.3) is 0 Å². The second kappa shape index (κ2) is 3.31. The van der Waals surface area contributed by atoms with Gasteiger partial charge in [-0.2, -0.15) is 0 Å². The van der Waals surface area contributed by atoms with Gasteiger partial charge in [0.2, 0.25) is 0 Å². The van der Waals surface area contributed by atoms with Gasteiger partial charge in [-0.3, -0.25) is 0 Å². The maximum atomic E-state index is 2.62. The van der Waals surface area contributed by atoms with Crippen molar-refractivity contribution in [2.45, 2.75) is 0 Å². The van der Waals surface area contributed by atoms with E-state index in [-0.39, 0.29) is 9.00 Å². The number of hydrogen-bond acceptors (Lipinski definition) is 0. The van der Waals surface area contributed by atoms with E-state index < -0.39 is 0 Å². The molecule has 0 atom stereocenters. The van der Waals surface area contributed by atoms with Crippen molar-refractivity contribution in [2.75, 3.05) is 0 Å². The zero-order valence-electron chi connectivity index (χ0n) is 1.79. The SMILES string of the molecule is [SeH][As]([SeH])[SeH]. The average molecular weight is 315 g/mol. The van der Waals surface area contributed by atoms with Gasteiger partial charge in [-0.25, -0.2) is 0 Å². The zero-order chi connectivity index (χ0) is 3.58. The Morgan fingerprint density at radius 2 is 1.00 bits per heavy atom. The quantitative estimate of drug-likeness (QED) is 0.440. The van der Waals surface area contributed by atoms with Crippen LogP contribution in [-0.4, -0.2) is 51.0 Å². The Balaban J connectivity index is 2.32. The number of rotatable bonds is 0. The molecule has 0 rings (SSSR count). The summed E-state index contributed by atoms with van der Waals surface area (Å²) in [6, 6.07) is 0. The van der Waals surface area contributed by atoms with Gasteiger partial charge in [0.05, 0.1) is 0 Å². The van der Waals surface area contributed by atoms with Gasteiger partial charge in [0.25, 0.3) is 0 Å². The van der Waals surface area contributed by atoms with E-state index in [2.05, 4.69) is 42.0 Å². The second-order valence-corrected chi connectivity index (χ2v) is 37.6. The van der Waals surface area contributed by atoms with Gasteiger partial charge in [-0.15, -0.1) is 0 Å². The third kappa shape index (κ3) is 8.93. The van der Waals surface area contributed by atoms with Crippen LogP contribution in [0.2, 0.25) is 0 Å². The summed E-state index contributed by atoms with van der Waals surface area (Å²) in [5.41, 5.74) is 0. The van der Waals surface area contributed by atoms with Crippen molar-refractivity contribution in [3.8, 4) is 0 Å². The van der Waals surface area contributed by atoms with Crippen molar-refractivity contribution < 1.29 is 0 Å². The Hall–Kier alpha value is 2.12. The van der Waals surface area contributed by atoms with Gasteiger partial charge in [-0.05, 0) is 0 Å². The monoisotopic (exact) mass is 318 g/mol. The van der Waals surface area contributed by atoms with Crippen molar-refractivity contribution in [1.82, 2.24) is 0 Å². The molecule has 0 nitrogen and oxygen atoms in total. The van der Waals surface area contributed by atoms with Gasteiger partial charge in [0, 0.05) is 0 Å². The molecule has 0 aromatic heterocycles. The molecule has 0 aliphatic rings. The summed E-state index contributed by atoms with van der Waals surface area (Å²) in [6.07, 6.45) is 0. The molecule has 26 valence electrons. The van der Waals surface area contributed by atoms with E-state index in [1.54, 1.807) is 0 Å². The molecule has 0 fully saturated rings. The van der Waals surface area contributed by atoms with E-state index in [9.17, 15) is 0 Å². The van der Waals surface area contributed by atoms with Crippen LogP contribution in [0.1, 0.15) is 0 Å². The third-order valence-corrected chi connectivity index (χ3v) is 0. The average Bonchev–Trinajstić information content (AvgIpc) is 0.811. The molecule has 0 aromatic rings. The zero-order valence-corrected chi connectivity index (χ0v) is 9.30. The molecular weight excluding hydrogens is 312 g/mol. The summed E-state index contributed by atoms with van der Waals surface area (Å²) >= 11 is 7.88. The van der Waals surface area contributed by atoms with Gasteiger partial charge in [-0.1, -0.05) is 0 Å². The Kier molecular flexibility index (Phi) is 5.07. The van der Waals surface area contributed by atoms with Crippen molar-refractivity contribution in [3.63, 3.8) is 0 Å². The molecule has 0 unspecified atom stereocenters. The first kappa shape index (κ1) is 6.12. The van der Waals surface area contributed by atoms with E-state index in [1.807, 2.05) is 0 Å². The molecular formula is H3AsSe3. The normalized spacial score (nSPS) is 9.00. The fraction of sp³-hybridized carbons (Fsp3) is 0. The first-order valence-electron chi connectivity index (χ1n) is 0.600. The van der Waals surface area contributed by atoms with Crippen LogP contribution in [0.4, 0.5) is 0 Å². The van der Waals surface area contributed by atoms with Crippen molar-refractivity contribution in [1.29, 1.82) is 0 Å². The fourth-order valence-corrected chi connectivity index (χ4v) is 0. The van der Waals surface area contributed by atoms with Crippen LogP contribution in [0, 0.1) is 0 Å². The van der Waals surface area contributed by atoms with Crippen molar-refractivity contribution in [2.24, 2.45) is 0 Å². The number of hydrogen-bond donors (Lipinski definition) is 0. The molecule has 0 saturated carbocycles. The first-order chi connectivity index (χ1) is 1.73. The predicted octanol–water partition coefficient (Wildman–Crippen LogP) is -2.33. The Morgan fingerprint density at radius 3 is 1.00 bits per heavy atom. The van der Waals surface area contributed by atoms with Crippen molar-refractivity contribution >= 4 is 51.0 Å². The first-order valence-corrected chi connectivity index (χ1v) is 16.2. The molecule has 0 aromatic carbocycles. The van der Waals surface area contributed by atoms with E-state index >= 15 is 0 Å². The summed E-state index contributed by atoms with van der Waals surface area (Å²) in [6.45, 7) is 0. The fourth-order valence-electron chi connectivity index (χ4n) is 0. The van der Waals surface area contributed by atoms with E-state index in [0.717, 1.165) is 0 Å². The molecule has 0 spiro atoms. The van der Waals surface area contributed by atoms with Crippen LogP contribution in [0.3, 0.4) is 0 Å². The van der Waals surface area contributed by atoms with E-state index in [1.165, 1.54) is 0 Å². The molecule has 4 heavy (non-hydrogen) atoms. The van der Waals surface area contributed by atoms with E-state index in [0.29, 0.717) is 0 Å². The summed E-state index contributed by atoms with van der Waals surface area (Å²) < 4.78 is 0. The molecule has 0 aliphatic heterocycles. The molecule has 0 bridgehead atoms. The molecule has 0 N–H and O–H groups in total. The molecule has 4 heteroatoms. The van der Waals surface area contributed by atoms with Crippen LogP contribution in [-0.2, 0) is 0 Å². The van der Waals surface area contributed by atoms with Crippen LogP contribution in [0.15, 0.2) is 0 Å². The Labute approximate surface area is 50.5 Å². The maximum absolute atomic E-state index is 2.62. The summed E-state index contributed by atoms with van der Waals surface area (Å²) in [5, 5.41) is 0. The third-order valence-electron chi connectivity index (χ3n) is 0. The van der Waals surface area contributed by atoms with Crippen molar-refractivity contribution in [3.05, 3.63) is 0 Å². The summed E-state index contributed by atoms with van der Waals surface area (Å²) in [5.74, 6) is 0. The van der Waals surface area contributed by atoms with Gasteiger partial charge >= 0.3 is 51.0 Å². The Morgan fingerprint density at radius 1 is 1.00 bits per heavy atom. The Bertz CT molecular complexity index is 8.00. The van der Waals surface area contributed by atoms with E-state index in [4.69, 9.17) is 0 Å². The standard InChI is InChI=1S/AsH3Se3/c2-1(3)4/h2-4H. The van der Waals surface area contributed by atoms with Gasteiger partial charge < -0.3 is 0 Å². The van der Waals surface area contributed by atoms with Crippen LogP contribution < -0.4 is 0 Å².